The third kappa shape index (κ3) is 4.52. The predicted molar refractivity (Wildman–Crippen MR) is 106 cm³/mol. The number of aromatic nitrogens is 3. The fourth-order valence-corrected chi connectivity index (χ4v) is 3.46. The molecular formula is C20H22N4OS. The van der Waals surface area contributed by atoms with Crippen LogP contribution in [0.4, 0.5) is 5.69 Å². The van der Waals surface area contributed by atoms with Crippen molar-refractivity contribution in [2.24, 2.45) is 0 Å². The van der Waals surface area contributed by atoms with E-state index in [0.29, 0.717) is 12.2 Å². The number of nitrogens with one attached hydrogen (secondary N) is 1. The Labute approximate surface area is 157 Å². The first-order valence-corrected chi connectivity index (χ1v) is 9.65. The van der Waals surface area contributed by atoms with Gasteiger partial charge in [-0.3, -0.25) is 9.36 Å². The smallest absolute Gasteiger partial charge is 0.225 e. The molecule has 0 aliphatic heterocycles. The molecule has 0 spiro atoms. The molecule has 0 atom stereocenters. The van der Waals surface area contributed by atoms with E-state index < -0.39 is 0 Å². The van der Waals surface area contributed by atoms with Crippen LogP contribution in [-0.2, 0) is 11.2 Å². The Kier molecular flexibility index (Phi) is 6.07. The van der Waals surface area contributed by atoms with Crippen LogP contribution in [-0.4, -0.2) is 26.4 Å². The summed E-state index contributed by atoms with van der Waals surface area (Å²) >= 11 is 1.55. The summed E-state index contributed by atoms with van der Waals surface area (Å²) in [6, 6.07) is 17.9. The molecule has 26 heavy (non-hydrogen) atoms. The van der Waals surface area contributed by atoms with E-state index in [0.717, 1.165) is 28.8 Å². The molecule has 1 amide bonds. The molecule has 0 fully saturated rings. The van der Waals surface area contributed by atoms with Gasteiger partial charge in [0.25, 0.3) is 0 Å². The summed E-state index contributed by atoms with van der Waals surface area (Å²) in [6.07, 6.45) is 1.22. The molecule has 0 saturated carbocycles. The van der Waals surface area contributed by atoms with Crippen LogP contribution in [0.3, 0.4) is 0 Å². The Hall–Kier alpha value is -2.60. The van der Waals surface area contributed by atoms with E-state index in [4.69, 9.17) is 0 Å². The lowest BCUT2D eigenvalue weighted by atomic mass is 10.2. The Balaban J connectivity index is 1.61. The van der Waals surface area contributed by atoms with E-state index in [2.05, 4.69) is 27.0 Å². The van der Waals surface area contributed by atoms with E-state index in [-0.39, 0.29) is 5.91 Å². The van der Waals surface area contributed by atoms with Gasteiger partial charge < -0.3 is 5.32 Å². The number of thioether (sulfide) groups is 1. The van der Waals surface area contributed by atoms with Gasteiger partial charge in [0.05, 0.1) is 0 Å². The third-order valence-corrected chi connectivity index (χ3v) is 4.86. The van der Waals surface area contributed by atoms with Crippen LogP contribution in [0.15, 0.2) is 59.8 Å². The van der Waals surface area contributed by atoms with Gasteiger partial charge in [-0.1, -0.05) is 54.6 Å². The topological polar surface area (TPSA) is 59.8 Å². The van der Waals surface area contributed by atoms with Crippen LogP contribution in [0.25, 0.3) is 5.69 Å². The molecule has 3 rings (SSSR count). The number of hydrogen-bond acceptors (Lipinski definition) is 4. The molecule has 0 aliphatic carbocycles. The van der Waals surface area contributed by atoms with Gasteiger partial charge in [0.15, 0.2) is 5.16 Å². The van der Waals surface area contributed by atoms with Gasteiger partial charge >= 0.3 is 0 Å². The minimum absolute atomic E-state index is 0.00263. The number of carbonyl (C=O) groups is 1. The fraction of sp³-hybridized carbons (Fsp3) is 0.250. The zero-order chi connectivity index (χ0) is 18.4. The number of rotatable bonds is 7. The number of aryl methyl sites for hydroxylation is 2. The monoisotopic (exact) mass is 366 g/mol. The molecule has 6 heteroatoms. The molecule has 1 aromatic heterocycles. The molecule has 0 aliphatic rings. The highest BCUT2D eigenvalue weighted by Gasteiger charge is 2.13. The summed E-state index contributed by atoms with van der Waals surface area (Å²) in [6.45, 7) is 4.09. The quantitative estimate of drug-likeness (QED) is 0.635. The third-order valence-electron chi connectivity index (χ3n) is 3.93. The molecule has 1 heterocycles. The van der Waals surface area contributed by atoms with Gasteiger partial charge in [-0.15, -0.1) is 10.2 Å². The summed E-state index contributed by atoms with van der Waals surface area (Å²) < 4.78 is 2.06. The normalized spacial score (nSPS) is 10.7. The van der Waals surface area contributed by atoms with Gasteiger partial charge in [0.2, 0.25) is 5.91 Å². The van der Waals surface area contributed by atoms with Crippen LogP contribution in [0.1, 0.15) is 24.7 Å². The standard InChI is InChI=1S/C20H22N4OS/c1-3-18-22-23-20(24(18)17-7-5-4-6-8-17)26-14-13-19(25)21-16-11-9-15(2)10-12-16/h4-12H,3,13-14H2,1-2H3,(H,21,25). The van der Waals surface area contributed by atoms with Crippen molar-refractivity contribution in [3.8, 4) is 5.69 Å². The highest BCUT2D eigenvalue weighted by Crippen LogP contribution is 2.23. The number of hydrogen-bond donors (Lipinski definition) is 1. The van der Waals surface area contributed by atoms with Crippen molar-refractivity contribution in [2.45, 2.75) is 31.8 Å². The van der Waals surface area contributed by atoms with Crippen LogP contribution in [0.5, 0.6) is 0 Å². The molecule has 0 bridgehead atoms. The minimum atomic E-state index is 0.00263. The Morgan fingerprint density at radius 2 is 1.81 bits per heavy atom. The van der Waals surface area contributed by atoms with Gasteiger partial charge in [-0.05, 0) is 31.2 Å². The molecular weight excluding hydrogens is 344 g/mol. The first-order valence-electron chi connectivity index (χ1n) is 8.66. The first-order chi connectivity index (χ1) is 12.7. The maximum Gasteiger partial charge on any atom is 0.225 e. The number of carbonyl (C=O) groups excluding carboxylic acids is 1. The second kappa shape index (κ2) is 8.67. The lowest BCUT2D eigenvalue weighted by Gasteiger charge is -2.09. The number of anilines is 1. The number of benzene rings is 2. The van der Waals surface area contributed by atoms with Crippen molar-refractivity contribution in [3.05, 3.63) is 66.0 Å². The van der Waals surface area contributed by atoms with E-state index in [1.54, 1.807) is 11.8 Å². The Bertz CT molecular complexity index is 859. The molecule has 0 unspecified atom stereocenters. The van der Waals surface area contributed by atoms with Crippen molar-refractivity contribution in [1.29, 1.82) is 0 Å². The summed E-state index contributed by atoms with van der Waals surface area (Å²) in [7, 11) is 0. The molecule has 2 aromatic carbocycles. The molecule has 0 radical (unpaired) electrons. The average molecular weight is 366 g/mol. The molecule has 1 N–H and O–H groups in total. The van der Waals surface area contributed by atoms with Crippen molar-refractivity contribution in [1.82, 2.24) is 14.8 Å². The molecule has 5 nitrogen and oxygen atoms in total. The van der Waals surface area contributed by atoms with Crippen LogP contribution in [0.2, 0.25) is 0 Å². The fourth-order valence-electron chi connectivity index (χ4n) is 2.55. The second-order valence-corrected chi connectivity index (χ2v) is 7.00. The predicted octanol–water partition coefficient (Wildman–Crippen LogP) is 4.26. The Morgan fingerprint density at radius 3 is 2.50 bits per heavy atom. The maximum absolute atomic E-state index is 12.1. The van der Waals surface area contributed by atoms with Gasteiger partial charge in [-0.2, -0.15) is 0 Å². The summed E-state index contributed by atoms with van der Waals surface area (Å²) in [5, 5.41) is 12.3. The van der Waals surface area contributed by atoms with E-state index in [1.165, 1.54) is 5.56 Å². The first kappa shape index (κ1) is 18.2. The number of nitrogens with zero attached hydrogens (tertiary/aromatic N) is 3. The highest BCUT2D eigenvalue weighted by atomic mass is 32.2. The summed E-state index contributed by atoms with van der Waals surface area (Å²) in [5.41, 5.74) is 3.04. The summed E-state index contributed by atoms with van der Waals surface area (Å²) in [5.74, 6) is 1.57. The summed E-state index contributed by atoms with van der Waals surface area (Å²) in [4.78, 5) is 12.1. The molecule has 0 saturated heterocycles. The largest absolute Gasteiger partial charge is 0.326 e. The SMILES string of the molecule is CCc1nnc(SCCC(=O)Nc2ccc(C)cc2)n1-c1ccccc1. The van der Waals surface area contributed by atoms with E-state index in [1.807, 2.05) is 61.5 Å². The zero-order valence-corrected chi connectivity index (χ0v) is 15.8. The maximum atomic E-state index is 12.1. The van der Waals surface area contributed by atoms with Crippen molar-refractivity contribution < 1.29 is 4.79 Å². The van der Waals surface area contributed by atoms with Gasteiger partial charge in [0.1, 0.15) is 5.82 Å². The highest BCUT2D eigenvalue weighted by molar-refractivity contribution is 7.99. The van der Waals surface area contributed by atoms with E-state index >= 15 is 0 Å². The van der Waals surface area contributed by atoms with Gasteiger partial charge in [-0.25, -0.2) is 0 Å². The zero-order valence-electron chi connectivity index (χ0n) is 15.0. The molecule has 134 valence electrons. The number of para-hydroxylation sites is 1. The average Bonchev–Trinajstić information content (AvgIpc) is 3.07. The second-order valence-electron chi connectivity index (χ2n) is 5.94. The van der Waals surface area contributed by atoms with E-state index in [9.17, 15) is 4.79 Å². The lowest BCUT2D eigenvalue weighted by Crippen LogP contribution is -2.12. The Morgan fingerprint density at radius 1 is 1.08 bits per heavy atom. The lowest BCUT2D eigenvalue weighted by molar-refractivity contribution is -0.115. The van der Waals surface area contributed by atoms with Crippen LogP contribution in [0, 0.1) is 6.92 Å². The minimum Gasteiger partial charge on any atom is -0.326 e. The van der Waals surface area contributed by atoms with Crippen molar-refractivity contribution >= 4 is 23.4 Å². The van der Waals surface area contributed by atoms with Crippen molar-refractivity contribution in [2.75, 3.05) is 11.1 Å². The van der Waals surface area contributed by atoms with Crippen molar-refractivity contribution in [3.63, 3.8) is 0 Å². The van der Waals surface area contributed by atoms with Gasteiger partial charge in [0, 0.05) is 30.0 Å². The van der Waals surface area contributed by atoms with Crippen LogP contribution >= 0.6 is 11.8 Å². The molecule has 3 aromatic rings. The van der Waals surface area contributed by atoms with Crippen LogP contribution < -0.4 is 5.32 Å². The number of amides is 1.